The molecule has 2 aromatic heterocycles. The molecular weight excluding hydrogens is 268 g/mol. The average Bonchev–Trinajstić information content (AvgIpc) is 3.04. The molecule has 0 spiro atoms. The van der Waals surface area contributed by atoms with Gasteiger partial charge in [-0.15, -0.1) is 5.10 Å². The van der Waals surface area contributed by atoms with E-state index in [9.17, 15) is 4.79 Å². The number of hydrogen-bond donors (Lipinski definition) is 1. The summed E-state index contributed by atoms with van der Waals surface area (Å²) in [7, 11) is 0. The fraction of sp³-hybridized carbons (Fsp3) is 0.0714. The number of hydrogen-bond acceptors (Lipinski definition) is 5. The summed E-state index contributed by atoms with van der Waals surface area (Å²) in [5, 5.41) is 13.8. The lowest BCUT2D eigenvalue weighted by Gasteiger charge is -2.08. The molecule has 3 rings (SSSR count). The normalized spacial score (nSPS) is 10.3. The van der Waals surface area contributed by atoms with E-state index < -0.39 is 0 Å². The first-order chi connectivity index (χ1) is 10.2. The smallest absolute Gasteiger partial charge is 0.255 e. The lowest BCUT2D eigenvalue weighted by molar-refractivity contribution is 0.102. The largest absolute Gasteiger partial charge is 0.320 e. The summed E-state index contributed by atoms with van der Waals surface area (Å²) in [6, 6.07) is 8.89. The Labute approximate surface area is 120 Å². The highest BCUT2D eigenvalue weighted by molar-refractivity contribution is 6.04. The van der Waals surface area contributed by atoms with E-state index in [2.05, 4.69) is 25.8 Å². The van der Waals surface area contributed by atoms with Crippen LogP contribution in [-0.4, -0.2) is 31.1 Å². The quantitative estimate of drug-likeness (QED) is 0.788. The molecule has 0 saturated heterocycles. The second-order valence-corrected chi connectivity index (χ2v) is 4.45. The number of carbonyl (C=O) groups excluding carboxylic acids is 1. The summed E-state index contributed by atoms with van der Waals surface area (Å²) in [5.41, 5.74) is 2.88. The highest BCUT2D eigenvalue weighted by atomic mass is 16.1. The van der Waals surface area contributed by atoms with Gasteiger partial charge in [-0.05, 0) is 47.2 Å². The van der Waals surface area contributed by atoms with E-state index in [1.54, 1.807) is 30.6 Å². The van der Waals surface area contributed by atoms with Crippen molar-refractivity contribution in [2.75, 3.05) is 5.32 Å². The first-order valence-electron chi connectivity index (χ1n) is 6.29. The van der Waals surface area contributed by atoms with E-state index in [4.69, 9.17) is 0 Å². The second-order valence-electron chi connectivity index (χ2n) is 4.45. The van der Waals surface area contributed by atoms with Gasteiger partial charge in [-0.25, -0.2) is 4.68 Å². The van der Waals surface area contributed by atoms with Crippen molar-refractivity contribution >= 4 is 11.6 Å². The van der Waals surface area contributed by atoms with Crippen LogP contribution in [0, 0.1) is 6.92 Å². The summed E-state index contributed by atoms with van der Waals surface area (Å²) in [6.07, 6.45) is 4.78. The van der Waals surface area contributed by atoms with E-state index in [1.165, 1.54) is 11.0 Å². The fourth-order valence-electron chi connectivity index (χ4n) is 1.86. The number of nitrogens with one attached hydrogen (secondary N) is 1. The molecule has 0 radical (unpaired) electrons. The van der Waals surface area contributed by atoms with Gasteiger partial charge in [0.15, 0.2) is 0 Å². The van der Waals surface area contributed by atoms with Crippen molar-refractivity contribution in [3.63, 3.8) is 0 Å². The number of aryl methyl sites for hydroxylation is 1. The zero-order chi connectivity index (χ0) is 14.7. The van der Waals surface area contributed by atoms with Gasteiger partial charge in [-0.1, -0.05) is 6.07 Å². The van der Waals surface area contributed by atoms with Crippen molar-refractivity contribution in [3.8, 4) is 5.69 Å². The van der Waals surface area contributed by atoms with Gasteiger partial charge in [0, 0.05) is 11.8 Å². The van der Waals surface area contributed by atoms with Gasteiger partial charge in [0.2, 0.25) is 0 Å². The van der Waals surface area contributed by atoms with Crippen molar-refractivity contribution in [1.29, 1.82) is 0 Å². The first kappa shape index (κ1) is 12.9. The van der Waals surface area contributed by atoms with Gasteiger partial charge in [0.05, 0.1) is 17.6 Å². The number of nitrogens with zero attached hydrogens (tertiary/aromatic N) is 5. The van der Waals surface area contributed by atoms with Crippen molar-refractivity contribution < 1.29 is 4.79 Å². The average molecular weight is 280 g/mol. The molecule has 0 unspecified atom stereocenters. The van der Waals surface area contributed by atoms with Crippen LogP contribution in [0.5, 0.6) is 0 Å². The third kappa shape index (κ3) is 2.76. The molecular formula is C14H12N6O. The van der Waals surface area contributed by atoms with Gasteiger partial charge < -0.3 is 5.32 Å². The second kappa shape index (κ2) is 5.49. The van der Waals surface area contributed by atoms with E-state index in [1.807, 2.05) is 19.1 Å². The van der Waals surface area contributed by atoms with E-state index in [0.29, 0.717) is 11.3 Å². The molecule has 3 aromatic rings. The van der Waals surface area contributed by atoms with Crippen molar-refractivity contribution in [1.82, 2.24) is 25.2 Å². The Morgan fingerprint density at radius 3 is 2.95 bits per heavy atom. The lowest BCUT2D eigenvalue weighted by Crippen LogP contribution is -2.13. The topological polar surface area (TPSA) is 85.6 Å². The molecule has 7 heteroatoms. The molecule has 0 aliphatic heterocycles. The zero-order valence-corrected chi connectivity index (χ0v) is 11.3. The molecule has 0 saturated carbocycles. The third-order valence-corrected chi connectivity index (χ3v) is 3.01. The molecule has 1 amide bonds. The molecule has 1 aromatic carbocycles. The Bertz CT molecular complexity index is 769. The number of aromatic nitrogens is 5. The minimum absolute atomic E-state index is 0.207. The number of pyridine rings is 1. The van der Waals surface area contributed by atoms with Crippen LogP contribution in [-0.2, 0) is 0 Å². The van der Waals surface area contributed by atoms with Crippen LogP contribution in [0.15, 0.2) is 49.1 Å². The van der Waals surface area contributed by atoms with Crippen molar-refractivity contribution in [2.45, 2.75) is 6.92 Å². The predicted molar refractivity (Wildman–Crippen MR) is 76.1 cm³/mol. The molecule has 0 bridgehead atoms. The van der Waals surface area contributed by atoms with Gasteiger partial charge in [0.1, 0.15) is 6.33 Å². The molecule has 104 valence electrons. The Balaban J connectivity index is 1.85. The maximum atomic E-state index is 12.3. The lowest BCUT2D eigenvalue weighted by atomic mass is 10.1. The monoisotopic (exact) mass is 280 g/mol. The van der Waals surface area contributed by atoms with Gasteiger partial charge in [-0.2, -0.15) is 0 Å². The molecule has 0 aliphatic carbocycles. The number of amides is 1. The Morgan fingerprint density at radius 1 is 1.29 bits per heavy atom. The summed E-state index contributed by atoms with van der Waals surface area (Å²) < 4.78 is 1.49. The van der Waals surface area contributed by atoms with Crippen LogP contribution in [0.3, 0.4) is 0 Å². The number of anilines is 1. The van der Waals surface area contributed by atoms with E-state index in [0.717, 1.165) is 11.3 Å². The van der Waals surface area contributed by atoms with Gasteiger partial charge in [-0.3, -0.25) is 9.78 Å². The zero-order valence-electron chi connectivity index (χ0n) is 11.3. The van der Waals surface area contributed by atoms with E-state index >= 15 is 0 Å². The van der Waals surface area contributed by atoms with Crippen LogP contribution < -0.4 is 5.32 Å². The number of tetrazole rings is 1. The first-order valence-corrected chi connectivity index (χ1v) is 6.29. The maximum absolute atomic E-state index is 12.3. The van der Waals surface area contributed by atoms with Crippen LogP contribution >= 0.6 is 0 Å². The highest BCUT2D eigenvalue weighted by Gasteiger charge is 2.09. The molecule has 1 N–H and O–H groups in total. The van der Waals surface area contributed by atoms with Crippen LogP contribution in [0.25, 0.3) is 5.69 Å². The Hall–Kier alpha value is -3.09. The standard InChI is InChI=1S/C14H12N6O/c1-10-5-6-15-8-13(10)17-14(21)11-3-2-4-12(7-11)20-9-16-18-19-20/h2-9H,1H3,(H,17,21). The number of carbonyl (C=O) groups is 1. The summed E-state index contributed by atoms with van der Waals surface area (Å²) >= 11 is 0. The van der Waals surface area contributed by atoms with Crippen LogP contribution in [0.4, 0.5) is 5.69 Å². The van der Waals surface area contributed by atoms with Crippen LogP contribution in [0.2, 0.25) is 0 Å². The Morgan fingerprint density at radius 2 is 2.19 bits per heavy atom. The minimum Gasteiger partial charge on any atom is -0.320 e. The van der Waals surface area contributed by atoms with Gasteiger partial charge >= 0.3 is 0 Å². The summed E-state index contributed by atoms with van der Waals surface area (Å²) in [5.74, 6) is -0.207. The third-order valence-electron chi connectivity index (χ3n) is 3.01. The van der Waals surface area contributed by atoms with Crippen molar-refractivity contribution in [3.05, 3.63) is 60.2 Å². The number of rotatable bonds is 3. The maximum Gasteiger partial charge on any atom is 0.255 e. The minimum atomic E-state index is -0.207. The summed E-state index contributed by atoms with van der Waals surface area (Å²) in [4.78, 5) is 16.3. The highest BCUT2D eigenvalue weighted by Crippen LogP contribution is 2.14. The molecule has 0 aliphatic rings. The Kier molecular flexibility index (Phi) is 3.38. The fourth-order valence-corrected chi connectivity index (χ4v) is 1.86. The summed E-state index contributed by atoms with van der Waals surface area (Å²) in [6.45, 7) is 1.91. The van der Waals surface area contributed by atoms with Gasteiger partial charge in [0.25, 0.3) is 5.91 Å². The molecule has 21 heavy (non-hydrogen) atoms. The SMILES string of the molecule is Cc1ccncc1NC(=O)c1cccc(-n2cnnn2)c1. The molecule has 0 atom stereocenters. The molecule has 7 nitrogen and oxygen atoms in total. The van der Waals surface area contributed by atoms with Crippen molar-refractivity contribution in [2.24, 2.45) is 0 Å². The molecule has 2 heterocycles. The van der Waals surface area contributed by atoms with Crippen LogP contribution in [0.1, 0.15) is 15.9 Å². The van der Waals surface area contributed by atoms with E-state index in [-0.39, 0.29) is 5.91 Å². The predicted octanol–water partition coefficient (Wildman–Crippen LogP) is 1.62. The number of benzene rings is 1. The molecule has 0 fully saturated rings.